The highest BCUT2D eigenvalue weighted by Gasteiger charge is 2.36. The minimum Gasteiger partial charge on any atom is -0.356 e. The van der Waals surface area contributed by atoms with Gasteiger partial charge in [-0.25, -0.2) is 4.98 Å². The molecule has 29 heavy (non-hydrogen) atoms. The first-order valence-corrected chi connectivity index (χ1v) is 10.1. The molecule has 1 heterocycles. The standard InChI is InChI=1S/C24H25N3O2/c1-3-25-23(29)24(2)12-10-17-14-18(8-9-19(17)15-24)22(28)27-21-20-7-5-4-6-16(20)11-13-26-21/h4-9,11,13-14H,3,10,12,15H2,1-2H3,(H,25,29)(H,26,27,28). The summed E-state index contributed by atoms with van der Waals surface area (Å²) in [7, 11) is 0. The number of anilines is 1. The van der Waals surface area contributed by atoms with Crippen LogP contribution in [0.2, 0.25) is 0 Å². The minimum absolute atomic E-state index is 0.106. The Balaban J connectivity index is 1.55. The lowest BCUT2D eigenvalue weighted by Crippen LogP contribution is -2.42. The quantitative estimate of drug-likeness (QED) is 0.707. The number of aromatic nitrogens is 1. The van der Waals surface area contributed by atoms with Crippen LogP contribution >= 0.6 is 0 Å². The summed E-state index contributed by atoms with van der Waals surface area (Å²) >= 11 is 0. The number of hydrogen-bond donors (Lipinski definition) is 2. The van der Waals surface area contributed by atoms with E-state index in [1.54, 1.807) is 6.20 Å². The van der Waals surface area contributed by atoms with Crippen molar-refractivity contribution in [2.24, 2.45) is 5.41 Å². The molecule has 0 aliphatic heterocycles. The average Bonchev–Trinajstić information content (AvgIpc) is 2.74. The molecule has 1 aliphatic rings. The molecule has 2 aromatic carbocycles. The Kier molecular flexibility index (Phi) is 5.05. The van der Waals surface area contributed by atoms with Gasteiger partial charge in [-0.2, -0.15) is 0 Å². The number of benzene rings is 2. The van der Waals surface area contributed by atoms with Gasteiger partial charge < -0.3 is 10.6 Å². The molecule has 5 nitrogen and oxygen atoms in total. The molecule has 0 fully saturated rings. The Morgan fingerprint density at radius 3 is 2.76 bits per heavy atom. The van der Waals surface area contributed by atoms with Crippen LogP contribution in [-0.2, 0) is 17.6 Å². The molecule has 5 heteroatoms. The fourth-order valence-electron chi connectivity index (χ4n) is 4.06. The van der Waals surface area contributed by atoms with E-state index < -0.39 is 0 Å². The molecule has 2 amide bonds. The summed E-state index contributed by atoms with van der Waals surface area (Å²) in [5.41, 5.74) is 2.51. The SMILES string of the molecule is CCNC(=O)C1(C)CCc2cc(C(=O)Nc3nccc4ccccc34)ccc2C1. The van der Waals surface area contributed by atoms with Crippen LogP contribution in [0.5, 0.6) is 0 Å². The van der Waals surface area contributed by atoms with Crippen molar-refractivity contribution in [3.05, 3.63) is 71.4 Å². The van der Waals surface area contributed by atoms with E-state index in [2.05, 4.69) is 15.6 Å². The Hall–Kier alpha value is -3.21. The number of hydrogen-bond acceptors (Lipinski definition) is 3. The van der Waals surface area contributed by atoms with Crippen LogP contribution < -0.4 is 10.6 Å². The fraction of sp³-hybridized carbons (Fsp3) is 0.292. The second-order valence-corrected chi connectivity index (χ2v) is 7.92. The molecule has 0 saturated carbocycles. The lowest BCUT2D eigenvalue weighted by Gasteiger charge is -2.33. The van der Waals surface area contributed by atoms with Gasteiger partial charge in [0.25, 0.3) is 5.91 Å². The maximum Gasteiger partial charge on any atom is 0.256 e. The third-order valence-corrected chi connectivity index (χ3v) is 5.79. The summed E-state index contributed by atoms with van der Waals surface area (Å²) in [5, 5.41) is 7.84. The predicted octanol–water partition coefficient (Wildman–Crippen LogP) is 4.12. The maximum absolute atomic E-state index is 12.8. The van der Waals surface area contributed by atoms with Crippen molar-refractivity contribution >= 4 is 28.4 Å². The van der Waals surface area contributed by atoms with Crippen molar-refractivity contribution < 1.29 is 9.59 Å². The Morgan fingerprint density at radius 1 is 1.10 bits per heavy atom. The van der Waals surface area contributed by atoms with Crippen molar-refractivity contribution in [1.82, 2.24) is 10.3 Å². The second-order valence-electron chi connectivity index (χ2n) is 7.92. The van der Waals surface area contributed by atoms with Crippen molar-refractivity contribution in [3.8, 4) is 0 Å². The van der Waals surface area contributed by atoms with E-state index in [0.29, 0.717) is 24.3 Å². The number of fused-ring (bicyclic) bond motifs is 2. The Bertz CT molecular complexity index is 1090. The van der Waals surface area contributed by atoms with Crippen molar-refractivity contribution in [1.29, 1.82) is 0 Å². The Morgan fingerprint density at radius 2 is 1.93 bits per heavy atom. The zero-order chi connectivity index (χ0) is 20.4. The summed E-state index contributed by atoms with van der Waals surface area (Å²) in [4.78, 5) is 29.6. The first kappa shape index (κ1) is 19.1. The van der Waals surface area contributed by atoms with Gasteiger partial charge in [0.2, 0.25) is 5.91 Å². The third-order valence-electron chi connectivity index (χ3n) is 5.79. The molecule has 1 aromatic heterocycles. The molecule has 0 bridgehead atoms. The fourth-order valence-corrected chi connectivity index (χ4v) is 4.06. The summed E-state index contributed by atoms with van der Waals surface area (Å²) in [6, 6.07) is 15.5. The minimum atomic E-state index is -0.389. The highest BCUT2D eigenvalue weighted by atomic mass is 16.2. The molecule has 3 aromatic rings. The molecule has 1 unspecified atom stereocenters. The van der Waals surface area contributed by atoms with Crippen LogP contribution in [0, 0.1) is 5.41 Å². The zero-order valence-corrected chi connectivity index (χ0v) is 16.8. The van der Waals surface area contributed by atoms with Gasteiger partial charge in [0, 0.05) is 23.7 Å². The molecule has 2 N–H and O–H groups in total. The van der Waals surface area contributed by atoms with E-state index in [0.717, 1.165) is 34.7 Å². The lowest BCUT2D eigenvalue weighted by molar-refractivity contribution is -0.130. The molecule has 0 spiro atoms. The molecule has 1 aliphatic carbocycles. The lowest BCUT2D eigenvalue weighted by atomic mass is 9.72. The van der Waals surface area contributed by atoms with E-state index in [9.17, 15) is 9.59 Å². The van der Waals surface area contributed by atoms with Gasteiger partial charge in [-0.1, -0.05) is 37.3 Å². The predicted molar refractivity (Wildman–Crippen MR) is 115 cm³/mol. The first-order chi connectivity index (χ1) is 14.0. The van der Waals surface area contributed by atoms with E-state index in [1.165, 1.54) is 0 Å². The Labute approximate surface area is 170 Å². The number of carbonyl (C=O) groups is 2. The largest absolute Gasteiger partial charge is 0.356 e. The van der Waals surface area contributed by atoms with Crippen molar-refractivity contribution in [2.45, 2.75) is 33.1 Å². The van der Waals surface area contributed by atoms with Crippen LogP contribution in [0.15, 0.2) is 54.7 Å². The smallest absolute Gasteiger partial charge is 0.256 e. The van der Waals surface area contributed by atoms with Crippen LogP contribution in [-0.4, -0.2) is 23.3 Å². The van der Waals surface area contributed by atoms with Gasteiger partial charge in [0.05, 0.1) is 5.41 Å². The molecule has 0 radical (unpaired) electrons. The van der Waals surface area contributed by atoms with Gasteiger partial charge >= 0.3 is 0 Å². The van der Waals surface area contributed by atoms with Gasteiger partial charge in [-0.3, -0.25) is 9.59 Å². The number of aryl methyl sites for hydroxylation is 1. The van der Waals surface area contributed by atoms with Gasteiger partial charge in [0.15, 0.2) is 0 Å². The third kappa shape index (κ3) is 3.73. The van der Waals surface area contributed by atoms with Gasteiger partial charge in [0.1, 0.15) is 5.82 Å². The summed E-state index contributed by atoms with van der Waals surface area (Å²) in [6.45, 7) is 4.60. The normalized spacial score (nSPS) is 18.1. The van der Waals surface area contributed by atoms with Crippen LogP contribution in [0.4, 0.5) is 5.82 Å². The monoisotopic (exact) mass is 387 g/mol. The highest BCUT2D eigenvalue weighted by Crippen LogP contribution is 2.36. The van der Waals surface area contributed by atoms with E-state index in [-0.39, 0.29) is 17.2 Å². The van der Waals surface area contributed by atoms with E-state index in [4.69, 9.17) is 0 Å². The van der Waals surface area contributed by atoms with E-state index in [1.807, 2.05) is 62.4 Å². The topological polar surface area (TPSA) is 71.1 Å². The second kappa shape index (κ2) is 7.66. The van der Waals surface area contributed by atoms with Gasteiger partial charge in [-0.15, -0.1) is 0 Å². The molecule has 0 saturated heterocycles. The van der Waals surface area contributed by atoms with Crippen LogP contribution in [0.25, 0.3) is 10.8 Å². The van der Waals surface area contributed by atoms with Crippen molar-refractivity contribution in [3.63, 3.8) is 0 Å². The average molecular weight is 387 g/mol. The van der Waals surface area contributed by atoms with E-state index >= 15 is 0 Å². The van der Waals surface area contributed by atoms with Crippen LogP contribution in [0.3, 0.4) is 0 Å². The van der Waals surface area contributed by atoms with Crippen LogP contribution in [0.1, 0.15) is 41.8 Å². The maximum atomic E-state index is 12.8. The molecular weight excluding hydrogens is 362 g/mol. The summed E-state index contributed by atoms with van der Waals surface area (Å²) in [5.74, 6) is 0.498. The zero-order valence-electron chi connectivity index (χ0n) is 16.8. The first-order valence-electron chi connectivity index (χ1n) is 10.1. The number of amides is 2. The summed E-state index contributed by atoms with van der Waals surface area (Å²) < 4.78 is 0. The van der Waals surface area contributed by atoms with Gasteiger partial charge in [-0.05, 0) is 60.9 Å². The number of carbonyl (C=O) groups excluding carboxylic acids is 2. The number of rotatable bonds is 4. The molecular formula is C24H25N3O2. The number of nitrogens with zero attached hydrogens (tertiary/aromatic N) is 1. The number of pyridine rings is 1. The molecule has 4 rings (SSSR count). The summed E-state index contributed by atoms with van der Waals surface area (Å²) in [6.07, 6.45) is 3.96. The molecule has 1 atom stereocenters. The highest BCUT2D eigenvalue weighted by molar-refractivity contribution is 6.08. The molecule has 148 valence electrons. The number of nitrogens with one attached hydrogen (secondary N) is 2. The van der Waals surface area contributed by atoms with Crippen molar-refractivity contribution in [2.75, 3.05) is 11.9 Å².